The lowest BCUT2D eigenvalue weighted by molar-refractivity contribution is 0.667. The smallest absolute Gasteiger partial charge is 0.180 e. The van der Waals surface area contributed by atoms with E-state index in [1.54, 1.807) is 0 Å². The predicted octanol–water partition coefficient (Wildman–Crippen LogP) is 12.9. The topological polar surface area (TPSA) is 38.9 Å². The number of hydrogen-bond donors (Lipinski definition) is 0. The second-order valence-electron chi connectivity index (χ2n) is 14.4. The molecule has 0 amide bonds. The molecule has 10 aromatic rings. The third kappa shape index (κ3) is 3.85. The lowest BCUT2D eigenvalue weighted by Crippen LogP contribution is -2.25. The maximum absolute atomic E-state index is 6.59. The monoisotopic (exact) mass is 686 g/mol. The van der Waals surface area contributed by atoms with Crippen LogP contribution in [0, 0.1) is 0 Å². The van der Waals surface area contributed by atoms with E-state index in [-0.39, 0.29) is 0 Å². The fourth-order valence-electron chi connectivity index (χ4n) is 9.53. The van der Waals surface area contributed by atoms with E-state index in [4.69, 9.17) is 14.4 Å². The van der Waals surface area contributed by atoms with Crippen molar-refractivity contribution in [3.8, 4) is 56.0 Å². The van der Waals surface area contributed by atoms with E-state index in [2.05, 4.69) is 158 Å². The fraction of sp³-hybridized carbons (Fsp3) is 0.0196. The Bertz CT molecular complexity index is 3180. The summed E-state index contributed by atoms with van der Waals surface area (Å²) in [6.07, 6.45) is 0. The van der Waals surface area contributed by atoms with Crippen molar-refractivity contribution in [2.75, 3.05) is 0 Å². The number of furan rings is 1. The molecule has 8 aromatic carbocycles. The van der Waals surface area contributed by atoms with Gasteiger partial charge in [0.25, 0.3) is 0 Å². The molecular weight excluding hydrogens is 657 g/mol. The van der Waals surface area contributed by atoms with Crippen LogP contribution in [-0.4, -0.2) is 9.97 Å². The lowest BCUT2D eigenvalue weighted by atomic mass is 9.70. The summed E-state index contributed by atoms with van der Waals surface area (Å²) in [7, 11) is 0. The summed E-state index contributed by atoms with van der Waals surface area (Å²) in [6, 6.07) is 65.4. The minimum absolute atomic E-state index is 0.489. The summed E-state index contributed by atoms with van der Waals surface area (Å²) in [5, 5.41) is 3.51. The highest BCUT2D eigenvalue weighted by Crippen LogP contribution is 2.64. The molecule has 0 saturated carbocycles. The normalized spacial score (nSPS) is 15.1. The molecule has 2 aliphatic rings. The first kappa shape index (κ1) is 29.5. The summed E-state index contributed by atoms with van der Waals surface area (Å²) in [4.78, 5) is 10.9. The van der Waals surface area contributed by atoms with E-state index >= 15 is 0 Å². The third-order valence-electron chi connectivity index (χ3n) is 11.7. The summed E-state index contributed by atoms with van der Waals surface area (Å²) in [5.74, 6) is 0.683. The highest BCUT2D eigenvalue weighted by molar-refractivity contribution is 6.09. The van der Waals surface area contributed by atoms with Crippen molar-refractivity contribution in [3.63, 3.8) is 0 Å². The van der Waals surface area contributed by atoms with Gasteiger partial charge in [-0.2, -0.15) is 0 Å². The van der Waals surface area contributed by atoms with E-state index in [1.807, 2.05) is 24.3 Å². The van der Waals surface area contributed by atoms with Crippen molar-refractivity contribution in [1.82, 2.24) is 9.97 Å². The molecule has 0 bridgehead atoms. The van der Waals surface area contributed by atoms with Gasteiger partial charge in [-0.25, -0.2) is 9.97 Å². The van der Waals surface area contributed by atoms with Gasteiger partial charge in [-0.1, -0.05) is 164 Å². The minimum atomic E-state index is -0.489. The molecule has 1 spiro atoms. The minimum Gasteiger partial charge on any atom is -0.452 e. The zero-order valence-electron chi connectivity index (χ0n) is 29.1. The van der Waals surface area contributed by atoms with Crippen molar-refractivity contribution in [2.45, 2.75) is 5.41 Å². The van der Waals surface area contributed by atoms with Gasteiger partial charge in [-0.3, -0.25) is 0 Å². The van der Waals surface area contributed by atoms with Gasteiger partial charge in [0.1, 0.15) is 16.8 Å². The molecule has 0 N–H and O–H groups in total. The molecule has 3 nitrogen and oxygen atoms in total. The first-order chi connectivity index (χ1) is 26.8. The zero-order chi connectivity index (χ0) is 35.4. The van der Waals surface area contributed by atoms with Crippen molar-refractivity contribution >= 4 is 32.8 Å². The van der Waals surface area contributed by atoms with Crippen LogP contribution in [0.2, 0.25) is 0 Å². The highest BCUT2D eigenvalue weighted by Gasteiger charge is 2.52. The molecule has 1 atom stereocenters. The van der Waals surface area contributed by atoms with Crippen LogP contribution in [0.1, 0.15) is 22.3 Å². The number of aromatic nitrogens is 2. The number of nitrogens with zero attached hydrogens (tertiary/aromatic N) is 2. The van der Waals surface area contributed by atoms with E-state index in [0.717, 1.165) is 44.4 Å². The molecule has 2 aromatic heterocycles. The molecule has 2 heterocycles. The van der Waals surface area contributed by atoms with E-state index in [0.29, 0.717) is 11.4 Å². The largest absolute Gasteiger partial charge is 0.452 e. The number of rotatable bonds is 3. The van der Waals surface area contributed by atoms with Crippen LogP contribution >= 0.6 is 0 Å². The van der Waals surface area contributed by atoms with E-state index in [1.165, 1.54) is 55.3 Å². The molecule has 0 radical (unpaired) electrons. The molecule has 54 heavy (non-hydrogen) atoms. The SMILES string of the molecule is c1ccc(-c2cccc(-c3nc(-c4cccc5c4-c4ccccc4C54c5ccccc5-c5c4ccc4ccccc54)nc4c3oc3ccccc34)c2)cc1. The van der Waals surface area contributed by atoms with Crippen LogP contribution in [0.4, 0.5) is 0 Å². The van der Waals surface area contributed by atoms with Crippen LogP contribution in [0.5, 0.6) is 0 Å². The third-order valence-corrected chi connectivity index (χ3v) is 11.7. The van der Waals surface area contributed by atoms with Crippen molar-refractivity contribution < 1.29 is 4.42 Å². The number of para-hydroxylation sites is 1. The molecule has 0 fully saturated rings. The second kappa shape index (κ2) is 11.0. The second-order valence-corrected chi connectivity index (χ2v) is 14.4. The molecular formula is C51H30N2O. The predicted molar refractivity (Wildman–Crippen MR) is 219 cm³/mol. The van der Waals surface area contributed by atoms with Gasteiger partial charge < -0.3 is 4.42 Å². The van der Waals surface area contributed by atoms with Crippen molar-refractivity contribution in [3.05, 3.63) is 204 Å². The van der Waals surface area contributed by atoms with Crippen LogP contribution < -0.4 is 0 Å². The molecule has 3 heteroatoms. The number of fused-ring (bicyclic) bond motifs is 15. The summed E-state index contributed by atoms with van der Waals surface area (Å²) in [6.45, 7) is 0. The van der Waals surface area contributed by atoms with Crippen LogP contribution in [0.15, 0.2) is 186 Å². The Morgan fingerprint density at radius 1 is 0.407 bits per heavy atom. The summed E-state index contributed by atoms with van der Waals surface area (Å²) < 4.78 is 6.59. The number of hydrogen-bond acceptors (Lipinski definition) is 3. The molecule has 250 valence electrons. The Hall–Kier alpha value is -7.10. The highest BCUT2D eigenvalue weighted by atomic mass is 16.3. The van der Waals surface area contributed by atoms with Crippen LogP contribution in [0.3, 0.4) is 0 Å². The average molecular weight is 687 g/mol. The Balaban J connectivity index is 1.16. The van der Waals surface area contributed by atoms with Crippen molar-refractivity contribution in [2.24, 2.45) is 0 Å². The molecule has 0 saturated heterocycles. The quantitative estimate of drug-likeness (QED) is 0.186. The van der Waals surface area contributed by atoms with Crippen LogP contribution in [-0.2, 0) is 5.41 Å². The van der Waals surface area contributed by atoms with Gasteiger partial charge in [0.15, 0.2) is 11.4 Å². The maximum Gasteiger partial charge on any atom is 0.180 e. The Morgan fingerprint density at radius 3 is 1.87 bits per heavy atom. The first-order valence-corrected chi connectivity index (χ1v) is 18.5. The standard InChI is InChI=1S/C51H30N2O/c1-2-14-31(15-3-1)33-17-12-18-34(30-33)47-49-48(38-22-8-11-27-44(38)54-49)53-50(52-47)39-23-13-26-42-46(39)37-21-7-10-25-41(37)51(42)40-24-9-6-20-36(40)45-35-19-5-4-16-32(35)28-29-43(45)51/h1-30H. The molecule has 1 unspecified atom stereocenters. The van der Waals surface area contributed by atoms with Crippen LogP contribution in [0.25, 0.3) is 88.9 Å². The van der Waals surface area contributed by atoms with Gasteiger partial charge in [0.05, 0.1) is 5.41 Å². The molecule has 0 aliphatic heterocycles. The van der Waals surface area contributed by atoms with E-state index < -0.39 is 5.41 Å². The number of benzene rings is 8. The molecule has 12 rings (SSSR count). The van der Waals surface area contributed by atoms with Gasteiger partial charge in [-0.05, 0) is 84.6 Å². The Labute approximate surface area is 311 Å². The Morgan fingerprint density at radius 2 is 1.02 bits per heavy atom. The summed E-state index contributed by atoms with van der Waals surface area (Å²) in [5.41, 5.74) is 17.1. The maximum atomic E-state index is 6.59. The summed E-state index contributed by atoms with van der Waals surface area (Å²) >= 11 is 0. The van der Waals surface area contributed by atoms with Gasteiger partial charge in [0.2, 0.25) is 0 Å². The fourth-order valence-corrected chi connectivity index (χ4v) is 9.53. The first-order valence-electron chi connectivity index (χ1n) is 18.5. The van der Waals surface area contributed by atoms with E-state index in [9.17, 15) is 0 Å². The zero-order valence-corrected chi connectivity index (χ0v) is 29.1. The lowest BCUT2D eigenvalue weighted by Gasteiger charge is -2.30. The Kier molecular flexibility index (Phi) is 5.98. The van der Waals surface area contributed by atoms with Gasteiger partial charge >= 0.3 is 0 Å². The average Bonchev–Trinajstić information content (AvgIpc) is 3.88. The van der Waals surface area contributed by atoms with Gasteiger partial charge in [0, 0.05) is 16.5 Å². The molecule has 2 aliphatic carbocycles. The van der Waals surface area contributed by atoms with Crippen molar-refractivity contribution in [1.29, 1.82) is 0 Å². The van der Waals surface area contributed by atoms with Gasteiger partial charge in [-0.15, -0.1) is 0 Å².